The fraction of sp³-hybridized carbons (Fsp3) is 0.417. The van der Waals surface area contributed by atoms with Crippen molar-refractivity contribution in [2.75, 3.05) is 38.0 Å². The van der Waals surface area contributed by atoms with Crippen LogP contribution in [0.15, 0.2) is 48.5 Å². The van der Waals surface area contributed by atoms with Crippen LogP contribution in [0.3, 0.4) is 0 Å². The van der Waals surface area contributed by atoms with Crippen molar-refractivity contribution in [1.29, 1.82) is 0 Å². The van der Waals surface area contributed by atoms with Gasteiger partial charge in [0.25, 0.3) is 0 Å². The number of anilines is 1. The van der Waals surface area contributed by atoms with Crippen molar-refractivity contribution in [3.05, 3.63) is 65.2 Å². The summed E-state index contributed by atoms with van der Waals surface area (Å²) >= 11 is 0. The zero-order valence-corrected chi connectivity index (χ0v) is 18.9. The first kappa shape index (κ1) is 22.8. The second kappa shape index (κ2) is 10.1. The molecule has 0 saturated carbocycles. The molecule has 4 atom stereocenters. The predicted molar refractivity (Wildman–Crippen MR) is 128 cm³/mol. The highest BCUT2D eigenvalue weighted by atomic mass is 16.4. The number of aromatic carboxylic acids is 1. The lowest BCUT2D eigenvalue weighted by Crippen LogP contribution is -2.71. The van der Waals surface area contributed by atoms with Crippen LogP contribution < -0.4 is 32.1 Å². The second-order valence-corrected chi connectivity index (χ2v) is 9.04. The standard InChI is InChI=1S/C24H31N7O3/c32-23-20-19(13-26-30-23)28-21(16-3-5-17(6-4-16)24(33)34)29-22(20)27-18-7-1-15(2-8-18)14-31-11-9-25-10-12-31/h1-8,19-22,25-29H,9-14H2,(H,30,32)(H,33,34). The van der Waals surface area contributed by atoms with Crippen molar-refractivity contribution in [1.82, 2.24) is 31.7 Å². The fourth-order valence-electron chi connectivity index (χ4n) is 4.89. The van der Waals surface area contributed by atoms with E-state index < -0.39 is 5.97 Å². The Balaban J connectivity index is 1.30. The molecule has 0 bridgehead atoms. The van der Waals surface area contributed by atoms with Crippen molar-refractivity contribution in [3.8, 4) is 0 Å². The Morgan fingerprint density at radius 3 is 2.47 bits per heavy atom. The van der Waals surface area contributed by atoms with Crippen molar-refractivity contribution >= 4 is 17.6 Å². The molecule has 10 nitrogen and oxygen atoms in total. The summed E-state index contributed by atoms with van der Waals surface area (Å²) in [7, 11) is 0. The minimum atomic E-state index is -0.954. The highest BCUT2D eigenvalue weighted by Crippen LogP contribution is 2.26. The minimum absolute atomic E-state index is 0.0799. The molecule has 3 saturated heterocycles. The van der Waals surface area contributed by atoms with Crippen molar-refractivity contribution in [2.24, 2.45) is 5.92 Å². The van der Waals surface area contributed by atoms with Crippen LogP contribution in [0.4, 0.5) is 5.69 Å². The van der Waals surface area contributed by atoms with Crippen LogP contribution in [-0.2, 0) is 11.3 Å². The van der Waals surface area contributed by atoms with E-state index >= 15 is 0 Å². The summed E-state index contributed by atoms with van der Waals surface area (Å²) in [5, 5.41) is 23.1. The lowest BCUT2D eigenvalue weighted by Gasteiger charge is -2.46. The number of nitrogens with one attached hydrogen (secondary N) is 6. The van der Waals surface area contributed by atoms with E-state index in [0.29, 0.717) is 6.54 Å². The first-order valence-electron chi connectivity index (χ1n) is 11.7. The fourth-order valence-corrected chi connectivity index (χ4v) is 4.89. The van der Waals surface area contributed by atoms with Crippen LogP contribution >= 0.6 is 0 Å². The minimum Gasteiger partial charge on any atom is -0.478 e. The van der Waals surface area contributed by atoms with E-state index in [1.54, 1.807) is 24.3 Å². The number of amides is 1. The molecule has 3 fully saturated rings. The van der Waals surface area contributed by atoms with Crippen LogP contribution in [0.2, 0.25) is 0 Å². The van der Waals surface area contributed by atoms with Crippen LogP contribution in [0.5, 0.6) is 0 Å². The number of carbonyl (C=O) groups is 2. The highest BCUT2D eigenvalue weighted by Gasteiger charge is 2.44. The molecule has 2 aromatic carbocycles. The van der Waals surface area contributed by atoms with Gasteiger partial charge in [0.1, 0.15) is 0 Å². The Morgan fingerprint density at radius 2 is 1.76 bits per heavy atom. The molecule has 5 rings (SSSR count). The molecule has 180 valence electrons. The van der Waals surface area contributed by atoms with E-state index in [-0.39, 0.29) is 35.8 Å². The van der Waals surface area contributed by atoms with Gasteiger partial charge in [0, 0.05) is 51.0 Å². The summed E-state index contributed by atoms with van der Waals surface area (Å²) in [6.07, 6.45) is -0.544. The first-order valence-corrected chi connectivity index (χ1v) is 11.7. The molecular formula is C24H31N7O3. The quantitative estimate of drug-likeness (QED) is 0.316. The number of carboxylic acid groups (broad SMARTS) is 1. The van der Waals surface area contributed by atoms with Gasteiger partial charge in [0.2, 0.25) is 5.91 Å². The average molecular weight is 466 g/mol. The molecule has 2 aromatic rings. The van der Waals surface area contributed by atoms with Gasteiger partial charge in [-0.15, -0.1) is 0 Å². The maximum absolute atomic E-state index is 12.7. The van der Waals surface area contributed by atoms with Gasteiger partial charge in [-0.2, -0.15) is 0 Å². The SMILES string of the molecule is O=C(O)c1ccc(C2NC3CNNC(=O)C3C(Nc3ccc(CN4CCNCC4)cc3)N2)cc1. The van der Waals surface area contributed by atoms with E-state index in [1.807, 2.05) is 0 Å². The Morgan fingerprint density at radius 1 is 1.03 bits per heavy atom. The summed E-state index contributed by atoms with van der Waals surface area (Å²) in [5.74, 6) is -1.36. The number of carbonyl (C=O) groups excluding carboxylic acids is 1. The Kier molecular flexibility index (Phi) is 6.75. The van der Waals surface area contributed by atoms with Gasteiger partial charge in [0.15, 0.2) is 0 Å². The number of benzene rings is 2. The Labute approximate surface area is 198 Å². The molecule has 1 amide bonds. The number of fused-ring (bicyclic) bond motifs is 1. The largest absolute Gasteiger partial charge is 0.478 e. The topological polar surface area (TPSA) is 130 Å². The van der Waals surface area contributed by atoms with Crippen molar-refractivity contribution in [3.63, 3.8) is 0 Å². The van der Waals surface area contributed by atoms with Gasteiger partial charge in [-0.05, 0) is 35.4 Å². The number of rotatable bonds is 6. The zero-order valence-electron chi connectivity index (χ0n) is 18.9. The molecule has 0 aromatic heterocycles. The smallest absolute Gasteiger partial charge is 0.335 e. The van der Waals surface area contributed by atoms with E-state index in [2.05, 4.69) is 61.3 Å². The molecule has 4 unspecified atom stereocenters. The predicted octanol–water partition coefficient (Wildman–Crippen LogP) is 0.0388. The molecule has 3 aliphatic heterocycles. The zero-order chi connectivity index (χ0) is 23.5. The van der Waals surface area contributed by atoms with Crippen LogP contribution in [-0.4, -0.2) is 66.8 Å². The molecule has 7 N–H and O–H groups in total. The summed E-state index contributed by atoms with van der Waals surface area (Å²) in [6.45, 7) is 5.69. The van der Waals surface area contributed by atoms with Gasteiger partial charge >= 0.3 is 5.97 Å². The number of hydrazine groups is 1. The van der Waals surface area contributed by atoms with E-state index in [0.717, 1.165) is 44.0 Å². The second-order valence-electron chi connectivity index (χ2n) is 9.04. The van der Waals surface area contributed by atoms with Gasteiger partial charge in [-0.3, -0.25) is 25.8 Å². The third-order valence-corrected chi connectivity index (χ3v) is 6.74. The van der Waals surface area contributed by atoms with E-state index in [9.17, 15) is 14.7 Å². The van der Waals surface area contributed by atoms with Gasteiger partial charge in [-0.1, -0.05) is 24.3 Å². The van der Waals surface area contributed by atoms with Gasteiger partial charge in [0.05, 0.1) is 23.8 Å². The van der Waals surface area contributed by atoms with Crippen LogP contribution in [0, 0.1) is 5.92 Å². The summed E-state index contributed by atoms with van der Waals surface area (Å²) < 4.78 is 0. The molecule has 3 aliphatic rings. The van der Waals surface area contributed by atoms with E-state index in [4.69, 9.17) is 0 Å². The van der Waals surface area contributed by atoms with Crippen molar-refractivity contribution in [2.45, 2.75) is 24.9 Å². The van der Waals surface area contributed by atoms with Crippen LogP contribution in [0.1, 0.15) is 27.7 Å². The maximum atomic E-state index is 12.7. The number of nitrogens with zero attached hydrogens (tertiary/aromatic N) is 1. The molecule has 3 heterocycles. The Bertz CT molecular complexity index is 1010. The molecule has 0 radical (unpaired) electrons. The number of hydrogen-bond acceptors (Lipinski definition) is 8. The monoisotopic (exact) mass is 465 g/mol. The molecule has 0 spiro atoms. The number of hydrogen-bond donors (Lipinski definition) is 7. The van der Waals surface area contributed by atoms with Gasteiger partial charge < -0.3 is 15.7 Å². The molecular weight excluding hydrogens is 434 g/mol. The molecule has 0 aliphatic carbocycles. The molecule has 34 heavy (non-hydrogen) atoms. The third kappa shape index (κ3) is 5.06. The summed E-state index contributed by atoms with van der Waals surface area (Å²) in [5.41, 5.74) is 9.05. The van der Waals surface area contributed by atoms with E-state index in [1.165, 1.54) is 5.56 Å². The lowest BCUT2D eigenvalue weighted by atomic mass is 9.89. The molecule has 10 heteroatoms. The normalized spacial score (nSPS) is 27.5. The van der Waals surface area contributed by atoms with Crippen molar-refractivity contribution < 1.29 is 14.7 Å². The maximum Gasteiger partial charge on any atom is 0.335 e. The Hall–Kier alpha value is -3.02. The average Bonchev–Trinajstić information content (AvgIpc) is 2.86. The lowest BCUT2D eigenvalue weighted by molar-refractivity contribution is -0.131. The third-order valence-electron chi connectivity index (χ3n) is 6.74. The van der Waals surface area contributed by atoms with Gasteiger partial charge in [-0.25, -0.2) is 10.2 Å². The number of piperazine rings is 1. The van der Waals surface area contributed by atoms with Crippen LogP contribution in [0.25, 0.3) is 0 Å². The highest BCUT2D eigenvalue weighted by molar-refractivity contribution is 5.87. The summed E-state index contributed by atoms with van der Waals surface area (Å²) in [6, 6.07) is 15.1. The number of carboxylic acids is 1. The summed E-state index contributed by atoms with van der Waals surface area (Å²) in [4.78, 5) is 26.3. The first-order chi connectivity index (χ1) is 16.6.